The molecule has 9 atom stereocenters. The first-order chi connectivity index (χ1) is 35.2. The molecule has 21 nitrogen and oxygen atoms in total. The number of fused-ring (bicyclic) bond motifs is 2. The normalized spacial score (nSPS) is 23.7. The number of phenols is 1. The number of methoxy groups -OCH3 is 1. The van der Waals surface area contributed by atoms with Gasteiger partial charge in [0.2, 0.25) is 41.4 Å². The molecule has 2 aliphatic rings. The summed E-state index contributed by atoms with van der Waals surface area (Å²) < 4.78 is 11.2. The summed E-state index contributed by atoms with van der Waals surface area (Å²) >= 11 is 0. The molecule has 2 heterocycles. The summed E-state index contributed by atoms with van der Waals surface area (Å²) in [5, 5.41) is 44.3. The number of nitrogens with one attached hydrogen (secondary N) is 5. The number of likely N-dealkylation sites (N-methyl/N-ethyl adjacent to an activating group) is 1. The van der Waals surface area contributed by atoms with Crippen molar-refractivity contribution in [1.29, 1.82) is 0 Å². The molecule has 2 aliphatic heterocycles. The number of aliphatic carboxylic acids is 1. The van der Waals surface area contributed by atoms with Gasteiger partial charge in [-0.25, -0.2) is 4.79 Å². The summed E-state index contributed by atoms with van der Waals surface area (Å²) in [6.45, 7) is 6.38. The van der Waals surface area contributed by atoms with Crippen molar-refractivity contribution >= 4 is 53.3 Å². The quantitative estimate of drug-likeness (QED) is 0.0705. The molecule has 0 aromatic heterocycles. The van der Waals surface area contributed by atoms with Gasteiger partial charge in [-0.15, -0.1) is 0 Å². The number of carbonyl (C=O) groups excluding carboxylic acids is 8. The van der Waals surface area contributed by atoms with Crippen LogP contribution in [-0.4, -0.2) is 147 Å². The number of esters is 1. The number of carboxylic acids is 1. The number of benzene rings is 3. The number of aromatic hydroxyl groups is 1. The van der Waals surface area contributed by atoms with Gasteiger partial charge in [0.1, 0.15) is 66.1 Å². The Morgan fingerprint density at radius 1 is 0.784 bits per heavy atom. The third-order valence-corrected chi connectivity index (χ3v) is 13.1. The second-order valence-electron chi connectivity index (χ2n) is 19.1. The lowest BCUT2D eigenvalue weighted by molar-refractivity contribution is -0.165. The Labute approximate surface area is 430 Å². The maximum atomic E-state index is 15.2. The average molecular weight is 1030 g/mol. The first kappa shape index (κ1) is 57.4. The van der Waals surface area contributed by atoms with E-state index in [-0.39, 0.29) is 44.3 Å². The summed E-state index contributed by atoms with van der Waals surface area (Å²) in [5.41, 5.74) is 1.58. The molecular formula is C53H69N7O14. The fourth-order valence-electron chi connectivity index (χ4n) is 8.84. The lowest BCUT2D eigenvalue weighted by Gasteiger charge is -2.43. The van der Waals surface area contributed by atoms with Crippen molar-refractivity contribution in [3.05, 3.63) is 95.6 Å². The fourth-order valence-corrected chi connectivity index (χ4v) is 8.84. The van der Waals surface area contributed by atoms with Gasteiger partial charge in [0.05, 0.1) is 13.5 Å². The minimum atomic E-state index is -1.90. The molecule has 2 fully saturated rings. The Bertz CT molecular complexity index is 2460. The van der Waals surface area contributed by atoms with Crippen LogP contribution >= 0.6 is 0 Å². The van der Waals surface area contributed by atoms with Crippen molar-refractivity contribution in [2.75, 3.05) is 14.2 Å². The molecule has 0 aliphatic carbocycles. The zero-order valence-corrected chi connectivity index (χ0v) is 42.6. The number of phenolic OH excluding ortho intramolecular Hbond substituents is 1. The number of carboxylic acid groups (broad SMARTS) is 1. The number of rotatable bonds is 17. The van der Waals surface area contributed by atoms with Crippen LogP contribution in [0, 0.1) is 5.92 Å². The Morgan fingerprint density at radius 2 is 1.41 bits per heavy atom. The lowest BCUT2D eigenvalue weighted by atomic mass is 9.95. The zero-order chi connectivity index (χ0) is 54.2. The van der Waals surface area contributed by atoms with Crippen molar-refractivity contribution in [3.63, 3.8) is 0 Å². The Hall–Kier alpha value is -7.55. The second kappa shape index (κ2) is 26.9. The summed E-state index contributed by atoms with van der Waals surface area (Å²) in [5.74, 6) is -9.07. The summed E-state index contributed by atoms with van der Waals surface area (Å²) in [6, 6.07) is 10.2. The van der Waals surface area contributed by atoms with Crippen molar-refractivity contribution in [2.45, 2.75) is 147 Å². The zero-order valence-electron chi connectivity index (χ0n) is 42.6. The summed E-state index contributed by atoms with van der Waals surface area (Å²) in [6.07, 6.45) is -2.90. The van der Waals surface area contributed by atoms with Crippen LogP contribution in [0.15, 0.2) is 78.9 Å². The van der Waals surface area contributed by atoms with E-state index in [1.165, 1.54) is 45.3 Å². The molecule has 2 bridgehead atoms. The van der Waals surface area contributed by atoms with E-state index in [1.54, 1.807) is 68.4 Å². The van der Waals surface area contributed by atoms with Gasteiger partial charge in [-0.2, -0.15) is 0 Å². The summed E-state index contributed by atoms with van der Waals surface area (Å²) in [4.78, 5) is 130. The maximum absolute atomic E-state index is 15.2. The van der Waals surface area contributed by atoms with Crippen molar-refractivity contribution < 1.29 is 67.9 Å². The largest absolute Gasteiger partial charge is 0.508 e. The van der Waals surface area contributed by atoms with Gasteiger partial charge in [-0.3, -0.25) is 38.4 Å². The van der Waals surface area contributed by atoms with Crippen molar-refractivity contribution in [1.82, 2.24) is 36.4 Å². The number of ether oxygens (including phenoxy) is 2. The van der Waals surface area contributed by atoms with Crippen molar-refractivity contribution in [2.24, 2.45) is 5.92 Å². The van der Waals surface area contributed by atoms with Crippen LogP contribution in [0.1, 0.15) is 89.3 Å². The van der Waals surface area contributed by atoms with Crippen molar-refractivity contribution in [3.8, 4) is 11.5 Å². The van der Waals surface area contributed by atoms with Gasteiger partial charge < -0.3 is 61.2 Å². The SMILES string of the molecule is CCCCCC(=O)NC(CC(=O)O)C(=O)NC1C(=O)NC(Cc2ccc(O)cc2)C(=O)NC2CCC(O)N(C2=O)C(Cc2ccccc2)C(=O)N(C)C(Cc2ccc(OC)cc2)C(=O)NC(C(C)C)C(=O)OC1C. The number of aliphatic hydroxyl groups excluding tert-OH is 1. The standard InChI is InChI=1S/C53H69N7O14/c1-7-8-10-15-42(62)54-39(29-44(64)65)48(67)58-46-31(4)74-53(72)45(30(2)3)57-49(68)40(27-34-18-22-36(73-6)23-19-34)59(5)52(71)41(28-32-13-11-9-12-14-32)60-43(63)25-24-37(51(60)70)55-47(66)38(56-50(46)69)26-33-16-20-35(61)21-17-33/h9,11-14,16-23,30-31,37-41,43,45-46,61,63H,7-8,10,15,24-29H2,1-6H3,(H,54,62)(H,55,66)(H,56,69)(H,57,68)(H,58,67)(H,64,65). The topological polar surface area (TPSA) is 299 Å². The summed E-state index contributed by atoms with van der Waals surface area (Å²) in [7, 11) is 2.85. The molecule has 3 aromatic carbocycles. The Balaban J connectivity index is 1.64. The molecule has 21 heteroatoms. The van der Waals surface area contributed by atoms with Gasteiger partial charge >= 0.3 is 11.9 Å². The predicted molar refractivity (Wildman–Crippen MR) is 268 cm³/mol. The highest BCUT2D eigenvalue weighted by Crippen LogP contribution is 2.26. The number of amides is 7. The van der Waals surface area contributed by atoms with E-state index >= 15 is 4.79 Å². The molecule has 0 radical (unpaired) electrons. The smallest absolute Gasteiger partial charge is 0.329 e. The molecule has 5 rings (SSSR count). The van der Waals surface area contributed by atoms with Crippen LogP contribution in [0.4, 0.5) is 0 Å². The van der Waals surface area contributed by atoms with E-state index in [4.69, 9.17) is 9.47 Å². The number of unbranched alkanes of at least 4 members (excludes halogenated alkanes) is 2. The molecule has 400 valence electrons. The number of hydrogen-bond acceptors (Lipinski definition) is 13. The molecule has 74 heavy (non-hydrogen) atoms. The minimum Gasteiger partial charge on any atom is -0.508 e. The molecular weight excluding hydrogens is 959 g/mol. The third-order valence-electron chi connectivity index (χ3n) is 13.1. The molecule has 2 saturated heterocycles. The first-order valence-corrected chi connectivity index (χ1v) is 24.9. The highest BCUT2D eigenvalue weighted by molar-refractivity contribution is 5.99. The number of cyclic esters (lactones) is 1. The van der Waals surface area contributed by atoms with Gasteiger partial charge in [-0.05, 0) is 73.1 Å². The van der Waals surface area contributed by atoms with E-state index < -0.39 is 120 Å². The second-order valence-corrected chi connectivity index (χ2v) is 19.1. The van der Waals surface area contributed by atoms with E-state index in [9.17, 15) is 53.7 Å². The average Bonchev–Trinajstić information content (AvgIpc) is 3.36. The number of piperidine rings is 1. The maximum Gasteiger partial charge on any atom is 0.329 e. The van der Waals surface area contributed by atoms with E-state index in [1.807, 2.05) is 6.92 Å². The first-order valence-electron chi connectivity index (χ1n) is 24.9. The molecule has 8 N–H and O–H groups in total. The van der Waals surface area contributed by atoms with E-state index in [0.29, 0.717) is 35.3 Å². The highest BCUT2D eigenvalue weighted by Gasteiger charge is 2.46. The fraction of sp³-hybridized carbons (Fsp3) is 0.491. The van der Waals surface area contributed by atoms with E-state index in [2.05, 4.69) is 26.6 Å². The molecule has 0 spiro atoms. The minimum absolute atomic E-state index is 0.0235. The third kappa shape index (κ3) is 15.7. The van der Waals surface area contributed by atoms with Crippen LogP contribution in [0.3, 0.4) is 0 Å². The number of nitrogens with zero attached hydrogens (tertiary/aromatic N) is 2. The van der Waals surface area contributed by atoms with Crippen LogP contribution in [0.25, 0.3) is 0 Å². The van der Waals surface area contributed by atoms with Crippen LogP contribution in [0.2, 0.25) is 0 Å². The van der Waals surface area contributed by atoms with E-state index in [0.717, 1.165) is 16.2 Å². The lowest BCUT2D eigenvalue weighted by Crippen LogP contribution is -2.65. The van der Waals surface area contributed by atoms with Gasteiger partial charge in [0.15, 0.2) is 0 Å². The monoisotopic (exact) mass is 1030 g/mol. The molecule has 0 saturated carbocycles. The van der Waals surface area contributed by atoms with Crippen LogP contribution in [-0.2, 0) is 67.2 Å². The van der Waals surface area contributed by atoms with Crippen LogP contribution < -0.4 is 31.3 Å². The highest BCUT2D eigenvalue weighted by atomic mass is 16.5. The van der Waals surface area contributed by atoms with Gasteiger partial charge in [0, 0.05) is 32.7 Å². The number of aliphatic hydroxyl groups is 1. The predicted octanol–water partition coefficient (Wildman–Crippen LogP) is 1.65. The number of hydrogen-bond donors (Lipinski definition) is 8. The number of carbonyl (C=O) groups is 9. The molecule has 7 amide bonds. The molecule has 3 aromatic rings. The Morgan fingerprint density at radius 3 is 2.03 bits per heavy atom. The Kier molecular flexibility index (Phi) is 20.9. The molecule has 9 unspecified atom stereocenters. The van der Waals surface area contributed by atoms with Crippen LogP contribution in [0.5, 0.6) is 11.5 Å². The van der Waals surface area contributed by atoms with Gasteiger partial charge in [0.25, 0.3) is 0 Å². The van der Waals surface area contributed by atoms with Gasteiger partial charge in [-0.1, -0.05) is 88.2 Å².